The van der Waals surface area contributed by atoms with Gasteiger partial charge < -0.3 is 14.0 Å². The average molecular weight is 854 g/mol. The number of rotatable bonds is 8. The lowest BCUT2D eigenvalue weighted by molar-refractivity contribution is 1.18. The Morgan fingerprint density at radius 3 is 1.30 bits per heavy atom. The van der Waals surface area contributed by atoms with E-state index < -0.39 is 0 Å². The first-order valence-corrected chi connectivity index (χ1v) is 23.0. The Hall–Kier alpha value is -8.92. The van der Waals surface area contributed by atoms with Gasteiger partial charge in [-0.2, -0.15) is 0 Å². The van der Waals surface area contributed by atoms with Crippen molar-refractivity contribution in [3.8, 4) is 44.8 Å². The monoisotopic (exact) mass is 853 g/mol. The second-order valence-electron chi connectivity index (χ2n) is 17.3. The summed E-state index contributed by atoms with van der Waals surface area (Å²) >= 11 is 0. The van der Waals surface area contributed by atoms with Crippen LogP contribution in [0.4, 0.5) is 17.1 Å². The highest BCUT2D eigenvalue weighted by Crippen LogP contribution is 2.44. The number of anilines is 3. The summed E-state index contributed by atoms with van der Waals surface area (Å²) in [7, 11) is 0. The van der Waals surface area contributed by atoms with Crippen LogP contribution in [-0.4, -0.2) is 9.13 Å². The molecule has 0 radical (unpaired) electrons. The van der Waals surface area contributed by atoms with Gasteiger partial charge in [-0.3, -0.25) is 0 Å². The first kappa shape index (κ1) is 38.5. The topological polar surface area (TPSA) is 13.1 Å². The van der Waals surface area contributed by atoms with Gasteiger partial charge in [0.15, 0.2) is 0 Å². The Labute approximate surface area is 389 Å². The Balaban J connectivity index is 0.941. The molecule has 0 fully saturated rings. The van der Waals surface area contributed by atoms with Gasteiger partial charge in [0.05, 0.1) is 27.8 Å². The lowest BCUT2D eigenvalue weighted by atomic mass is 9.95. The van der Waals surface area contributed by atoms with Crippen LogP contribution in [0, 0.1) is 0 Å². The molecule has 0 spiro atoms. The zero-order valence-electron chi connectivity index (χ0n) is 36.7. The molecular weight excluding hydrogens is 811 g/mol. The average Bonchev–Trinajstić information content (AvgIpc) is 3.92. The van der Waals surface area contributed by atoms with Crippen molar-refractivity contribution in [3.63, 3.8) is 0 Å². The van der Waals surface area contributed by atoms with E-state index in [1.165, 1.54) is 87.8 Å². The van der Waals surface area contributed by atoms with Gasteiger partial charge >= 0.3 is 0 Å². The molecule has 314 valence electrons. The summed E-state index contributed by atoms with van der Waals surface area (Å²) in [6, 6.07) is 94.9. The molecule has 0 aliphatic rings. The van der Waals surface area contributed by atoms with Crippen LogP contribution in [0.5, 0.6) is 0 Å². The Kier molecular flexibility index (Phi) is 9.17. The minimum Gasteiger partial charge on any atom is -0.310 e. The third-order valence-corrected chi connectivity index (χ3v) is 13.5. The van der Waals surface area contributed by atoms with Crippen molar-refractivity contribution in [3.05, 3.63) is 261 Å². The second-order valence-corrected chi connectivity index (χ2v) is 17.3. The Bertz CT molecular complexity index is 3940. The van der Waals surface area contributed by atoms with E-state index in [1.807, 2.05) is 0 Å². The van der Waals surface area contributed by atoms with Gasteiger partial charge in [-0.05, 0) is 124 Å². The van der Waals surface area contributed by atoms with Crippen LogP contribution in [0.25, 0.3) is 99.1 Å². The zero-order valence-corrected chi connectivity index (χ0v) is 36.7. The highest BCUT2D eigenvalue weighted by molar-refractivity contribution is 6.13. The summed E-state index contributed by atoms with van der Waals surface area (Å²) in [6.45, 7) is 0. The van der Waals surface area contributed by atoms with Gasteiger partial charge in [0, 0.05) is 49.7 Å². The predicted octanol–water partition coefficient (Wildman–Crippen LogP) is 17.5. The standard InChI is InChI=1S/C64H43N3/c1-4-16-44(17-5-1)45-28-34-51(35-29-45)65(52-36-30-46(31-37-52)47-32-38-58-56-24-12-14-26-60(56)67(64(58)43-47)50-20-8-3-9-21-50)62-41-39-53(54-22-10-11-23-55(54)62)48-33-40-63-59(42-48)57-25-13-15-27-61(57)66(63)49-18-6-2-7-19-49/h1-43H. The van der Waals surface area contributed by atoms with Crippen molar-refractivity contribution in [1.82, 2.24) is 9.13 Å². The maximum Gasteiger partial charge on any atom is 0.0547 e. The molecule has 3 heteroatoms. The van der Waals surface area contributed by atoms with Crippen LogP contribution in [-0.2, 0) is 0 Å². The molecule has 0 N–H and O–H groups in total. The van der Waals surface area contributed by atoms with Crippen molar-refractivity contribution >= 4 is 71.4 Å². The lowest BCUT2D eigenvalue weighted by Crippen LogP contribution is -2.10. The van der Waals surface area contributed by atoms with Crippen molar-refractivity contribution in [2.24, 2.45) is 0 Å². The summed E-state index contributed by atoms with van der Waals surface area (Å²) in [5.74, 6) is 0. The molecule has 0 atom stereocenters. The van der Waals surface area contributed by atoms with Crippen molar-refractivity contribution in [2.75, 3.05) is 4.90 Å². The summed E-state index contributed by atoms with van der Waals surface area (Å²) in [6.07, 6.45) is 0. The Morgan fingerprint density at radius 2 is 0.672 bits per heavy atom. The van der Waals surface area contributed by atoms with Gasteiger partial charge in [-0.15, -0.1) is 0 Å². The zero-order chi connectivity index (χ0) is 44.3. The number of fused-ring (bicyclic) bond motifs is 7. The molecule has 0 unspecified atom stereocenters. The minimum absolute atomic E-state index is 1.09. The largest absolute Gasteiger partial charge is 0.310 e. The van der Waals surface area contributed by atoms with Crippen LogP contribution in [0.1, 0.15) is 0 Å². The highest BCUT2D eigenvalue weighted by atomic mass is 15.1. The third kappa shape index (κ3) is 6.51. The Morgan fingerprint density at radius 1 is 0.239 bits per heavy atom. The van der Waals surface area contributed by atoms with Gasteiger partial charge in [-0.25, -0.2) is 0 Å². The fourth-order valence-corrected chi connectivity index (χ4v) is 10.4. The molecular formula is C64H43N3. The maximum absolute atomic E-state index is 2.41. The predicted molar refractivity (Wildman–Crippen MR) is 284 cm³/mol. The van der Waals surface area contributed by atoms with Gasteiger partial charge in [0.1, 0.15) is 0 Å². The van der Waals surface area contributed by atoms with Crippen molar-refractivity contribution in [1.29, 1.82) is 0 Å². The molecule has 0 saturated carbocycles. The molecule has 2 heterocycles. The first-order valence-electron chi connectivity index (χ1n) is 23.0. The van der Waals surface area contributed by atoms with E-state index in [1.54, 1.807) is 0 Å². The molecule has 0 bridgehead atoms. The molecule has 0 aliphatic heterocycles. The second kappa shape index (κ2) is 16.0. The summed E-state index contributed by atoms with van der Waals surface area (Å²) in [5.41, 5.74) is 17.6. The quantitative estimate of drug-likeness (QED) is 0.148. The third-order valence-electron chi connectivity index (χ3n) is 13.5. The molecule has 13 aromatic rings. The van der Waals surface area contributed by atoms with E-state index in [9.17, 15) is 0 Å². The van der Waals surface area contributed by atoms with E-state index in [4.69, 9.17) is 0 Å². The van der Waals surface area contributed by atoms with Crippen LogP contribution in [0.2, 0.25) is 0 Å². The van der Waals surface area contributed by atoms with Crippen LogP contribution < -0.4 is 4.90 Å². The summed E-state index contributed by atoms with van der Waals surface area (Å²) in [5, 5.41) is 7.38. The smallest absolute Gasteiger partial charge is 0.0547 e. The summed E-state index contributed by atoms with van der Waals surface area (Å²) < 4.78 is 4.77. The van der Waals surface area contributed by atoms with Crippen LogP contribution in [0.3, 0.4) is 0 Å². The fraction of sp³-hybridized carbons (Fsp3) is 0. The molecule has 2 aromatic heterocycles. The van der Waals surface area contributed by atoms with E-state index in [0.717, 1.165) is 28.4 Å². The first-order chi connectivity index (χ1) is 33.2. The molecule has 3 nitrogen and oxygen atoms in total. The lowest BCUT2D eigenvalue weighted by Gasteiger charge is -2.28. The summed E-state index contributed by atoms with van der Waals surface area (Å²) in [4.78, 5) is 2.41. The van der Waals surface area contributed by atoms with Crippen LogP contribution >= 0.6 is 0 Å². The number of benzene rings is 11. The van der Waals surface area contributed by atoms with E-state index >= 15 is 0 Å². The van der Waals surface area contributed by atoms with Gasteiger partial charge in [-0.1, -0.05) is 176 Å². The number of hydrogen-bond donors (Lipinski definition) is 0. The van der Waals surface area contributed by atoms with Crippen LogP contribution in [0.15, 0.2) is 261 Å². The molecule has 0 saturated heterocycles. The normalized spacial score (nSPS) is 11.6. The van der Waals surface area contributed by atoms with E-state index in [2.05, 4.69) is 275 Å². The van der Waals surface area contributed by atoms with Gasteiger partial charge in [0.2, 0.25) is 0 Å². The fourth-order valence-electron chi connectivity index (χ4n) is 10.4. The van der Waals surface area contributed by atoms with Crippen molar-refractivity contribution in [2.45, 2.75) is 0 Å². The maximum atomic E-state index is 2.41. The highest BCUT2D eigenvalue weighted by Gasteiger charge is 2.20. The molecule has 11 aromatic carbocycles. The number of hydrogen-bond acceptors (Lipinski definition) is 1. The SMILES string of the molecule is c1ccc(-c2ccc(N(c3ccc(-c4ccc5c6ccccc6n(-c6ccccc6)c5c4)cc3)c3ccc(-c4ccc5c(c4)c4ccccc4n5-c4ccccc4)c4ccccc34)cc2)cc1. The molecule has 0 aliphatic carbocycles. The molecule has 67 heavy (non-hydrogen) atoms. The number of aromatic nitrogens is 2. The molecule has 13 rings (SSSR count). The number of para-hydroxylation sites is 4. The molecule has 0 amide bonds. The van der Waals surface area contributed by atoms with E-state index in [0.29, 0.717) is 0 Å². The van der Waals surface area contributed by atoms with Gasteiger partial charge in [0.25, 0.3) is 0 Å². The van der Waals surface area contributed by atoms with Crippen molar-refractivity contribution < 1.29 is 0 Å². The van der Waals surface area contributed by atoms with E-state index in [-0.39, 0.29) is 0 Å². The number of nitrogens with zero attached hydrogens (tertiary/aromatic N) is 3. The minimum atomic E-state index is 1.09.